The Hall–Kier alpha value is -1.56. The van der Waals surface area contributed by atoms with Crippen LogP contribution >= 0.6 is 0 Å². The fraction of sp³-hybridized carbons (Fsp3) is 0.625. The van der Waals surface area contributed by atoms with Crippen LogP contribution in [0.15, 0.2) is 17.1 Å². The van der Waals surface area contributed by atoms with Crippen LogP contribution in [0.25, 0.3) is 0 Å². The van der Waals surface area contributed by atoms with E-state index in [9.17, 15) is 4.79 Å². The molecule has 1 N–H and O–H groups in total. The average molecular weight is 254 g/mol. The van der Waals surface area contributed by atoms with Crippen LogP contribution in [0, 0.1) is 29.1 Å². The molecule has 0 radical (unpaired) electrons. The number of nitrogens with one attached hydrogen (secondary N) is 1. The molecule has 0 unspecified atom stereocenters. The standard InChI is InChI=1S/C16H18N2O/c17-8-13-9-18-15(4-14(13)19)16-5-10-1-11(6-16)3-12(2-10)7-16/h4,9-12H,1-3,5-7H2,(H,18,19). The summed E-state index contributed by atoms with van der Waals surface area (Å²) in [5.41, 5.74) is 1.41. The second-order valence-corrected chi connectivity index (χ2v) is 6.93. The molecule has 0 aliphatic heterocycles. The molecule has 4 fully saturated rings. The van der Waals surface area contributed by atoms with Crippen LogP contribution in [0.4, 0.5) is 0 Å². The molecule has 1 heterocycles. The van der Waals surface area contributed by atoms with Crippen LogP contribution < -0.4 is 5.43 Å². The third-order valence-electron chi connectivity index (χ3n) is 5.64. The van der Waals surface area contributed by atoms with Gasteiger partial charge < -0.3 is 4.98 Å². The van der Waals surface area contributed by atoms with Crippen molar-refractivity contribution in [2.75, 3.05) is 0 Å². The van der Waals surface area contributed by atoms with Crippen LogP contribution in [0.2, 0.25) is 0 Å². The Morgan fingerprint density at radius 3 is 2.21 bits per heavy atom. The lowest BCUT2D eigenvalue weighted by molar-refractivity contribution is -0.00724. The van der Waals surface area contributed by atoms with Crippen molar-refractivity contribution in [3.8, 4) is 6.07 Å². The first-order valence-electron chi connectivity index (χ1n) is 7.32. The zero-order valence-corrected chi connectivity index (χ0v) is 11.0. The summed E-state index contributed by atoms with van der Waals surface area (Å²) < 4.78 is 0. The highest BCUT2D eigenvalue weighted by molar-refractivity contribution is 5.31. The highest BCUT2D eigenvalue weighted by Crippen LogP contribution is 2.60. The smallest absolute Gasteiger partial charge is 0.199 e. The molecule has 4 bridgehead atoms. The van der Waals surface area contributed by atoms with Crippen LogP contribution in [-0.4, -0.2) is 4.98 Å². The van der Waals surface area contributed by atoms with Crippen LogP contribution in [0.3, 0.4) is 0 Å². The van der Waals surface area contributed by atoms with Gasteiger partial charge >= 0.3 is 0 Å². The number of aromatic amines is 1. The maximum atomic E-state index is 11.9. The third-order valence-corrected chi connectivity index (χ3v) is 5.64. The van der Waals surface area contributed by atoms with Crippen molar-refractivity contribution in [3.63, 3.8) is 0 Å². The molecule has 19 heavy (non-hydrogen) atoms. The normalized spacial score (nSPS) is 39.2. The monoisotopic (exact) mass is 254 g/mol. The Morgan fingerprint density at radius 2 is 1.74 bits per heavy atom. The van der Waals surface area contributed by atoms with Gasteiger partial charge in [-0.1, -0.05) is 0 Å². The van der Waals surface area contributed by atoms with Gasteiger partial charge in [0.2, 0.25) is 0 Å². The average Bonchev–Trinajstić information content (AvgIpc) is 2.37. The van der Waals surface area contributed by atoms with Crippen molar-refractivity contribution in [1.29, 1.82) is 5.26 Å². The predicted octanol–water partition coefficient (Wildman–Crippen LogP) is 2.71. The first-order valence-corrected chi connectivity index (χ1v) is 7.32. The molecular weight excluding hydrogens is 236 g/mol. The summed E-state index contributed by atoms with van der Waals surface area (Å²) in [5.74, 6) is 2.60. The van der Waals surface area contributed by atoms with E-state index < -0.39 is 0 Å². The second-order valence-electron chi connectivity index (χ2n) is 6.93. The number of rotatable bonds is 1. The van der Waals surface area contributed by atoms with E-state index in [0.717, 1.165) is 23.4 Å². The topological polar surface area (TPSA) is 56.6 Å². The molecule has 98 valence electrons. The van der Waals surface area contributed by atoms with E-state index >= 15 is 0 Å². The predicted molar refractivity (Wildman–Crippen MR) is 71.6 cm³/mol. The molecule has 3 heteroatoms. The maximum absolute atomic E-state index is 11.9. The lowest BCUT2D eigenvalue weighted by Gasteiger charge is -2.56. The number of H-pyrrole nitrogens is 1. The summed E-state index contributed by atoms with van der Waals surface area (Å²) in [7, 11) is 0. The molecule has 1 aromatic rings. The van der Waals surface area contributed by atoms with Gasteiger partial charge in [0.05, 0.1) is 0 Å². The Kier molecular flexibility index (Phi) is 2.21. The van der Waals surface area contributed by atoms with E-state index in [-0.39, 0.29) is 16.4 Å². The SMILES string of the molecule is N#Cc1c[nH]c(C23CC4CC(CC(C4)C2)C3)cc1=O. The molecule has 3 nitrogen and oxygen atoms in total. The number of hydrogen-bond acceptors (Lipinski definition) is 2. The molecule has 0 saturated heterocycles. The molecular formula is C16H18N2O. The third kappa shape index (κ3) is 1.59. The number of hydrogen-bond donors (Lipinski definition) is 1. The first-order chi connectivity index (χ1) is 9.18. The van der Waals surface area contributed by atoms with Gasteiger partial charge in [0.25, 0.3) is 0 Å². The summed E-state index contributed by atoms with van der Waals surface area (Å²) >= 11 is 0. The Morgan fingerprint density at radius 1 is 1.16 bits per heavy atom. The van der Waals surface area contributed by atoms with Gasteiger partial charge in [-0.05, 0) is 56.3 Å². The van der Waals surface area contributed by atoms with Crippen LogP contribution in [-0.2, 0) is 5.41 Å². The quantitative estimate of drug-likeness (QED) is 0.837. The molecule has 4 aliphatic rings. The minimum atomic E-state index is -0.119. The van der Waals surface area contributed by atoms with Crippen LogP contribution in [0.1, 0.15) is 49.8 Å². The molecule has 0 amide bonds. The summed E-state index contributed by atoms with van der Waals surface area (Å²) in [6.45, 7) is 0. The molecule has 4 saturated carbocycles. The van der Waals surface area contributed by atoms with E-state index in [0.29, 0.717) is 0 Å². The van der Waals surface area contributed by atoms with E-state index in [2.05, 4.69) is 4.98 Å². The Balaban J connectivity index is 1.78. The van der Waals surface area contributed by atoms with Gasteiger partial charge in [-0.15, -0.1) is 0 Å². The minimum absolute atomic E-state index is 0.119. The minimum Gasteiger partial charge on any atom is -0.363 e. The van der Waals surface area contributed by atoms with Gasteiger partial charge in [-0.3, -0.25) is 4.79 Å². The molecule has 0 aromatic carbocycles. The lowest BCUT2D eigenvalue weighted by atomic mass is 9.49. The highest BCUT2D eigenvalue weighted by atomic mass is 16.1. The summed E-state index contributed by atoms with van der Waals surface area (Å²) in [6, 6.07) is 3.65. The summed E-state index contributed by atoms with van der Waals surface area (Å²) in [5, 5.41) is 8.87. The van der Waals surface area contributed by atoms with E-state index in [1.807, 2.05) is 6.07 Å². The van der Waals surface area contributed by atoms with Gasteiger partial charge in [0.15, 0.2) is 5.43 Å². The van der Waals surface area contributed by atoms with E-state index in [1.54, 1.807) is 12.3 Å². The lowest BCUT2D eigenvalue weighted by Crippen LogP contribution is -2.49. The number of nitriles is 1. The van der Waals surface area contributed by atoms with Gasteiger partial charge in [-0.25, -0.2) is 0 Å². The van der Waals surface area contributed by atoms with Crippen LogP contribution in [0.5, 0.6) is 0 Å². The summed E-state index contributed by atoms with van der Waals surface area (Å²) in [6.07, 6.45) is 9.53. The number of pyridine rings is 1. The zero-order chi connectivity index (χ0) is 13.0. The fourth-order valence-corrected chi connectivity index (χ4v) is 5.31. The number of nitrogens with zero attached hydrogens (tertiary/aromatic N) is 1. The molecule has 4 aliphatic carbocycles. The molecule has 0 spiro atoms. The van der Waals surface area contributed by atoms with E-state index in [4.69, 9.17) is 5.26 Å². The molecule has 0 atom stereocenters. The van der Waals surface area contributed by atoms with Crippen molar-refractivity contribution in [3.05, 3.63) is 33.7 Å². The largest absolute Gasteiger partial charge is 0.363 e. The first kappa shape index (κ1) is 11.3. The zero-order valence-electron chi connectivity index (χ0n) is 11.0. The molecule has 1 aromatic heterocycles. The summed E-state index contributed by atoms with van der Waals surface area (Å²) in [4.78, 5) is 15.2. The molecule has 5 rings (SSSR count). The highest BCUT2D eigenvalue weighted by Gasteiger charge is 2.52. The second kappa shape index (κ2) is 3.72. The Labute approximate surface area is 112 Å². The van der Waals surface area contributed by atoms with E-state index in [1.165, 1.54) is 38.5 Å². The fourth-order valence-electron chi connectivity index (χ4n) is 5.31. The van der Waals surface area contributed by atoms with Gasteiger partial charge in [0.1, 0.15) is 11.6 Å². The maximum Gasteiger partial charge on any atom is 0.199 e. The Bertz CT molecular complexity index is 587. The van der Waals surface area contributed by atoms with Crippen molar-refractivity contribution >= 4 is 0 Å². The van der Waals surface area contributed by atoms with Crippen molar-refractivity contribution in [1.82, 2.24) is 4.98 Å². The number of aromatic nitrogens is 1. The van der Waals surface area contributed by atoms with Crippen molar-refractivity contribution in [2.45, 2.75) is 43.9 Å². The van der Waals surface area contributed by atoms with Gasteiger partial charge in [0, 0.05) is 23.4 Å². The van der Waals surface area contributed by atoms with Crippen molar-refractivity contribution < 1.29 is 0 Å². The van der Waals surface area contributed by atoms with Crippen molar-refractivity contribution in [2.24, 2.45) is 17.8 Å². The van der Waals surface area contributed by atoms with Gasteiger partial charge in [-0.2, -0.15) is 5.26 Å².